The number of fused-ring (bicyclic) bond motifs is 1. The number of para-hydroxylation sites is 1. The van der Waals surface area contributed by atoms with Crippen molar-refractivity contribution in [3.63, 3.8) is 0 Å². The predicted molar refractivity (Wildman–Crippen MR) is 73.9 cm³/mol. The number of hydrogen-bond donors (Lipinski definition) is 1. The predicted octanol–water partition coefficient (Wildman–Crippen LogP) is 2.88. The molecular formula is C15H13N3O. The molecule has 0 saturated carbocycles. The highest BCUT2D eigenvalue weighted by molar-refractivity contribution is 5.84. The summed E-state index contributed by atoms with van der Waals surface area (Å²) in [6, 6.07) is 13.4. The minimum Gasteiger partial charge on any atom is -0.453 e. The molecule has 4 heteroatoms. The minimum absolute atomic E-state index is 0.342. The Morgan fingerprint density at radius 1 is 0.895 bits per heavy atom. The monoisotopic (exact) mass is 251 g/mol. The summed E-state index contributed by atoms with van der Waals surface area (Å²) in [5, 5.41) is 1.04. The van der Waals surface area contributed by atoms with E-state index in [0.29, 0.717) is 18.0 Å². The van der Waals surface area contributed by atoms with Gasteiger partial charge >= 0.3 is 0 Å². The number of hydrogen-bond acceptors (Lipinski definition) is 4. The SMILES string of the molecule is NCc1ncccc1Oc1cccc2cccnc12. The minimum atomic E-state index is 0.342. The van der Waals surface area contributed by atoms with Crippen LogP contribution in [0.4, 0.5) is 0 Å². The van der Waals surface area contributed by atoms with Crippen LogP contribution in [0, 0.1) is 0 Å². The standard InChI is InChI=1S/C15H13N3O/c16-10-12-13(7-3-8-17-12)19-14-6-1-4-11-5-2-9-18-15(11)14/h1-9H,10,16H2. The van der Waals surface area contributed by atoms with Crippen LogP contribution in [0.25, 0.3) is 10.9 Å². The van der Waals surface area contributed by atoms with Gasteiger partial charge in [0.1, 0.15) is 11.3 Å². The smallest absolute Gasteiger partial charge is 0.153 e. The highest BCUT2D eigenvalue weighted by atomic mass is 16.5. The number of pyridine rings is 2. The van der Waals surface area contributed by atoms with Crippen molar-refractivity contribution in [3.05, 3.63) is 60.6 Å². The molecule has 2 aromatic heterocycles. The van der Waals surface area contributed by atoms with Crippen LogP contribution in [0.1, 0.15) is 5.69 Å². The van der Waals surface area contributed by atoms with E-state index < -0.39 is 0 Å². The van der Waals surface area contributed by atoms with Gasteiger partial charge in [0.05, 0.1) is 5.69 Å². The Morgan fingerprint density at radius 2 is 1.63 bits per heavy atom. The summed E-state index contributed by atoms with van der Waals surface area (Å²) in [5.74, 6) is 1.38. The molecule has 0 aliphatic carbocycles. The maximum Gasteiger partial charge on any atom is 0.153 e. The lowest BCUT2D eigenvalue weighted by molar-refractivity contribution is 0.477. The van der Waals surface area contributed by atoms with Gasteiger partial charge in [-0.2, -0.15) is 0 Å². The fourth-order valence-electron chi connectivity index (χ4n) is 1.95. The van der Waals surface area contributed by atoms with Crippen molar-refractivity contribution < 1.29 is 4.74 Å². The highest BCUT2D eigenvalue weighted by Gasteiger charge is 2.07. The summed E-state index contributed by atoms with van der Waals surface area (Å²) in [5.41, 5.74) is 7.22. The summed E-state index contributed by atoms with van der Waals surface area (Å²) in [6.45, 7) is 0.342. The zero-order valence-electron chi connectivity index (χ0n) is 10.3. The van der Waals surface area contributed by atoms with Crippen molar-refractivity contribution >= 4 is 10.9 Å². The second kappa shape index (κ2) is 5.04. The normalized spacial score (nSPS) is 10.6. The molecule has 0 radical (unpaired) electrons. The second-order valence-electron chi connectivity index (χ2n) is 4.09. The zero-order chi connectivity index (χ0) is 13.1. The molecule has 0 amide bonds. The molecule has 19 heavy (non-hydrogen) atoms. The molecule has 0 unspecified atom stereocenters. The third-order valence-electron chi connectivity index (χ3n) is 2.86. The number of nitrogens with zero attached hydrogens (tertiary/aromatic N) is 2. The molecule has 94 valence electrons. The Balaban J connectivity index is 2.06. The number of rotatable bonds is 3. The first-order chi connectivity index (χ1) is 9.38. The van der Waals surface area contributed by atoms with E-state index in [1.54, 1.807) is 12.4 Å². The van der Waals surface area contributed by atoms with E-state index >= 15 is 0 Å². The lowest BCUT2D eigenvalue weighted by Crippen LogP contribution is -2.02. The van der Waals surface area contributed by atoms with Crippen molar-refractivity contribution in [3.8, 4) is 11.5 Å². The molecule has 0 aliphatic heterocycles. The zero-order valence-corrected chi connectivity index (χ0v) is 10.3. The van der Waals surface area contributed by atoms with Crippen LogP contribution in [0.2, 0.25) is 0 Å². The van der Waals surface area contributed by atoms with Crippen LogP contribution in [0.15, 0.2) is 54.9 Å². The maximum absolute atomic E-state index is 5.91. The van der Waals surface area contributed by atoms with E-state index in [-0.39, 0.29) is 0 Å². The van der Waals surface area contributed by atoms with Crippen LogP contribution >= 0.6 is 0 Å². The Morgan fingerprint density at radius 3 is 2.53 bits per heavy atom. The fraction of sp³-hybridized carbons (Fsp3) is 0.0667. The number of aromatic nitrogens is 2. The first-order valence-electron chi connectivity index (χ1n) is 6.04. The van der Waals surface area contributed by atoms with Crippen LogP contribution in [-0.4, -0.2) is 9.97 Å². The summed E-state index contributed by atoms with van der Waals surface area (Å²) in [6.07, 6.45) is 3.46. The molecule has 3 rings (SSSR count). The molecule has 2 heterocycles. The van der Waals surface area contributed by atoms with Gasteiger partial charge in [0.25, 0.3) is 0 Å². The summed E-state index contributed by atoms with van der Waals surface area (Å²) in [7, 11) is 0. The third-order valence-corrected chi connectivity index (χ3v) is 2.86. The summed E-state index contributed by atoms with van der Waals surface area (Å²) >= 11 is 0. The molecule has 2 N–H and O–H groups in total. The topological polar surface area (TPSA) is 61.0 Å². The van der Waals surface area contributed by atoms with E-state index in [0.717, 1.165) is 16.6 Å². The van der Waals surface area contributed by atoms with Gasteiger partial charge in [0.2, 0.25) is 0 Å². The van der Waals surface area contributed by atoms with E-state index in [4.69, 9.17) is 10.5 Å². The lowest BCUT2D eigenvalue weighted by Gasteiger charge is -2.10. The quantitative estimate of drug-likeness (QED) is 0.777. The molecule has 0 bridgehead atoms. The largest absolute Gasteiger partial charge is 0.453 e. The third kappa shape index (κ3) is 2.26. The van der Waals surface area contributed by atoms with Crippen LogP contribution in [0.3, 0.4) is 0 Å². The van der Waals surface area contributed by atoms with Gasteiger partial charge in [-0.15, -0.1) is 0 Å². The fourth-order valence-corrected chi connectivity index (χ4v) is 1.95. The second-order valence-corrected chi connectivity index (χ2v) is 4.09. The first-order valence-corrected chi connectivity index (χ1v) is 6.04. The van der Waals surface area contributed by atoms with Gasteiger partial charge in [-0.3, -0.25) is 9.97 Å². The summed E-state index contributed by atoms with van der Waals surface area (Å²) in [4.78, 5) is 8.56. The Bertz CT molecular complexity index is 707. The molecule has 0 spiro atoms. The Kier molecular flexibility index (Phi) is 3.08. The van der Waals surface area contributed by atoms with E-state index in [2.05, 4.69) is 9.97 Å². The van der Waals surface area contributed by atoms with Crippen LogP contribution in [0.5, 0.6) is 11.5 Å². The molecule has 4 nitrogen and oxygen atoms in total. The number of benzene rings is 1. The van der Waals surface area contributed by atoms with Crippen molar-refractivity contribution in [2.45, 2.75) is 6.54 Å². The van der Waals surface area contributed by atoms with Gasteiger partial charge < -0.3 is 10.5 Å². The van der Waals surface area contributed by atoms with Crippen molar-refractivity contribution in [1.82, 2.24) is 9.97 Å². The van der Waals surface area contributed by atoms with E-state index in [1.165, 1.54) is 0 Å². The van der Waals surface area contributed by atoms with Gasteiger partial charge in [0, 0.05) is 24.3 Å². The van der Waals surface area contributed by atoms with Gasteiger partial charge in [-0.25, -0.2) is 0 Å². The van der Waals surface area contributed by atoms with Crippen molar-refractivity contribution in [1.29, 1.82) is 0 Å². The highest BCUT2D eigenvalue weighted by Crippen LogP contribution is 2.29. The van der Waals surface area contributed by atoms with Crippen molar-refractivity contribution in [2.75, 3.05) is 0 Å². The van der Waals surface area contributed by atoms with Gasteiger partial charge in [-0.05, 0) is 24.3 Å². The number of ether oxygens (including phenoxy) is 1. The van der Waals surface area contributed by atoms with E-state index in [1.807, 2.05) is 42.5 Å². The maximum atomic E-state index is 5.91. The molecule has 0 aliphatic rings. The molecule has 0 atom stereocenters. The molecular weight excluding hydrogens is 238 g/mol. The molecule has 0 saturated heterocycles. The first kappa shape index (κ1) is 11.6. The Hall–Kier alpha value is -2.46. The number of nitrogens with two attached hydrogens (primary N) is 1. The molecule has 3 aromatic rings. The van der Waals surface area contributed by atoms with Crippen LogP contribution in [-0.2, 0) is 6.54 Å². The Labute approximate surface area is 110 Å². The van der Waals surface area contributed by atoms with E-state index in [9.17, 15) is 0 Å². The van der Waals surface area contributed by atoms with Crippen molar-refractivity contribution in [2.24, 2.45) is 5.73 Å². The average molecular weight is 251 g/mol. The lowest BCUT2D eigenvalue weighted by atomic mass is 10.2. The van der Waals surface area contributed by atoms with Crippen LogP contribution < -0.4 is 10.5 Å². The molecule has 0 fully saturated rings. The molecule has 1 aromatic carbocycles. The summed E-state index contributed by atoms with van der Waals surface area (Å²) < 4.78 is 5.91. The van der Waals surface area contributed by atoms with Gasteiger partial charge in [0.15, 0.2) is 5.75 Å². The van der Waals surface area contributed by atoms with Gasteiger partial charge in [-0.1, -0.05) is 18.2 Å². The average Bonchev–Trinajstić information content (AvgIpc) is 2.48.